The lowest BCUT2D eigenvalue weighted by Crippen LogP contribution is -2.21. The van der Waals surface area contributed by atoms with E-state index in [-0.39, 0.29) is 12.7 Å². The fraction of sp³-hybridized carbons (Fsp3) is 0.500. The number of aliphatic hydroxyl groups excluding tert-OH is 1. The van der Waals surface area contributed by atoms with E-state index in [0.29, 0.717) is 10.8 Å². The molecule has 1 aliphatic heterocycles. The summed E-state index contributed by atoms with van der Waals surface area (Å²) in [4.78, 5) is 2.24. The van der Waals surface area contributed by atoms with Crippen LogP contribution in [0.15, 0.2) is 18.2 Å². The van der Waals surface area contributed by atoms with Crippen LogP contribution in [-0.2, 0) is 6.61 Å². The van der Waals surface area contributed by atoms with Gasteiger partial charge in [0.15, 0.2) is 0 Å². The monoisotopic (exact) mass is 241 g/mol. The highest BCUT2D eigenvalue weighted by Gasteiger charge is 2.21. The van der Waals surface area contributed by atoms with Crippen molar-refractivity contribution in [2.45, 2.75) is 19.1 Å². The molecule has 0 radical (unpaired) electrons. The molecule has 1 saturated heterocycles. The van der Waals surface area contributed by atoms with E-state index in [1.165, 1.54) is 0 Å². The fourth-order valence-electron chi connectivity index (χ4n) is 1.91. The van der Waals surface area contributed by atoms with E-state index in [0.717, 1.165) is 25.1 Å². The zero-order chi connectivity index (χ0) is 11.5. The van der Waals surface area contributed by atoms with Crippen molar-refractivity contribution in [3.8, 4) is 5.75 Å². The van der Waals surface area contributed by atoms with Gasteiger partial charge in [0.1, 0.15) is 11.9 Å². The second kappa shape index (κ2) is 5.04. The van der Waals surface area contributed by atoms with Gasteiger partial charge in [-0.1, -0.05) is 17.7 Å². The number of aliphatic hydroxyl groups is 1. The van der Waals surface area contributed by atoms with E-state index in [9.17, 15) is 0 Å². The van der Waals surface area contributed by atoms with Crippen molar-refractivity contribution in [3.63, 3.8) is 0 Å². The molecular weight excluding hydrogens is 226 g/mol. The molecular formula is C12H16ClNO2. The molecule has 4 heteroatoms. The van der Waals surface area contributed by atoms with Crippen LogP contribution in [0.2, 0.25) is 5.02 Å². The Kier molecular flexibility index (Phi) is 3.69. The maximum atomic E-state index is 8.97. The van der Waals surface area contributed by atoms with Crippen LogP contribution in [0, 0.1) is 0 Å². The molecule has 0 aliphatic carbocycles. The number of nitrogens with zero attached hydrogens (tertiary/aromatic N) is 1. The minimum absolute atomic E-state index is 0.00612. The molecule has 2 rings (SSSR count). The van der Waals surface area contributed by atoms with Crippen molar-refractivity contribution in [3.05, 3.63) is 28.8 Å². The Labute approximate surface area is 101 Å². The normalized spacial score (nSPS) is 21.3. The average Bonchev–Trinajstić information content (AvgIpc) is 2.67. The second-order valence-corrected chi connectivity index (χ2v) is 4.62. The van der Waals surface area contributed by atoms with Crippen LogP contribution < -0.4 is 4.74 Å². The lowest BCUT2D eigenvalue weighted by Gasteiger charge is -2.15. The minimum atomic E-state index is 0.00612. The van der Waals surface area contributed by atoms with Gasteiger partial charge in [0, 0.05) is 13.1 Å². The molecule has 3 nitrogen and oxygen atoms in total. The van der Waals surface area contributed by atoms with Crippen molar-refractivity contribution in [1.29, 1.82) is 0 Å². The van der Waals surface area contributed by atoms with E-state index < -0.39 is 0 Å². The summed E-state index contributed by atoms with van der Waals surface area (Å²) in [5.41, 5.74) is 0.806. The van der Waals surface area contributed by atoms with E-state index in [1.807, 2.05) is 12.1 Å². The highest BCUT2D eigenvalue weighted by molar-refractivity contribution is 6.32. The third-order valence-corrected chi connectivity index (χ3v) is 3.12. The molecule has 1 N–H and O–H groups in total. The van der Waals surface area contributed by atoms with E-state index >= 15 is 0 Å². The van der Waals surface area contributed by atoms with Gasteiger partial charge in [-0.3, -0.25) is 0 Å². The molecule has 1 fully saturated rings. The summed E-state index contributed by atoms with van der Waals surface area (Å²) in [7, 11) is 2.08. The molecule has 88 valence electrons. The number of hydrogen-bond acceptors (Lipinski definition) is 3. The topological polar surface area (TPSA) is 32.7 Å². The number of benzene rings is 1. The van der Waals surface area contributed by atoms with E-state index in [2.05, 4.69) is 11.9 Å². The van der Waals surface area contributed by atoms with E-state index in [4.69, 9.17) is 21.4 Å². The Bertz CT molecular complexity index is 370. The maximum absolute atomic E-state index is 8.97. The number of hydrogen-bond donors (Lipinski definition) is 1. The van der Waals surface area contributed by atoms with Crippen molar-refractivity contribution in [1.82, 2.24) is 4.90 Å². The first-order chi connectivity index (χ1) is 7.69. The molecule has 1 aromatic rings. The van der Waals surface area contributed by atoms with Crippen LogP contribution in [0.3, 0.4) is 0 Å². The first-order valence-corrected chi connectivity index (χ1v) is 5.81. The first-order valence-electron chi connectivity index (χ1n) is 5.43. The van der Waals surface area contributed by atoms with Gasteiger partial charge in [0.25, 0.3) is 0 Å². The zero-order valence-electron chi connectivity index (χ0n) is 9.32. The lowest BCUT2D eigenvalue weighted by atomic mass is 10.2. The summed E-state index contributed by atoms with van der Waals surface area (Å²) >= 11 is 6.07. The van der Waals surface area contributed by atoms with Crippen LogP contribution in [-0.4, -0.2) is 36.2 Å². The summed E-state index contributed by atoms with van der Waals surface area (Å²) in [5.74, 6) is 0.708. The van der Waals surface area contributed by atoms with Crippen LogP contribution in [0.1, 0.15) is 12.0 Å². The van der Waals surface area contributed by atoms with Gasteiger partial charge in [-0.05, 0) is 31.2 Å². The number of halogens is 1. The Morgan fingerprint density at radius 1 is 1.56 bits per heavy atom. The third-order valence-electron chi connectivity index (χ3n) is 2.82. The van der Waals surface area contributed by atoms with Gasteiger partial charge >= 0.3 is 0 Å². The molecule has 0 saturated carbocycles. The van der Waals surface area contributed by atoms with Gasteiger partial charge in [-0.15, -0.1) is 0 Å². The maximum Gasteiger partial charge on any atom is 0.138 e. The van der Waals surface area contributed by atoms with Crippen molar-refractivity contribution >= 4 is 11.6 Å². The highest BCUT2D eigenvalue weighted by atomic mass is 35.5. The van der Waals surface area contributed by atoms with Crippen LogP contribution >= 0.6 is 11.6 Å². The largest absolute Gasteiger partial charge is 0.487 e. The molecule has 1 aromatic carbocycles. The fourth-order valence-corrected chi connectivity index (χ4v) is 2.16. The zero-order valence-corrected chi connectivity index (χ0v) is 10.1. The number of rotatable bonds is 3. The molecule has 1 atom stereocenters. The summed E-state index contributed by atoms with van der Waals surface area (Å²) in [6.07, 6.45) is 1.26. The second-order valence-electron chi connectivity index (χ2n) is 4.21. The van der Waals surface area contributed by atoms with Crippen molar-refractivity contribution < 1.29 is 9.84 Å². The van der Waals surface area contributed by atoms with Crippen LogP contribution in [0.4, 0.5) is 0 Å². The van der Waals surface area contributed by atoms with Crippen LogP contribution in [0.25, 0.3) is 0 Å². The first kappa shape index (κ1) is 11.7. The summed E-state index contributed by atoms with van der Waals surface area (Å²) in [6.45, 7) is 2.02. The average molecular weight is 242 g/mol. The predicted molar refractivity (Wildman–Crippen MR) is 63.9 cm³/mol. The Hall–Kier alpha value is -0.770. The molecule has 1 unspecified atom stereocenters. The van der Waals surface area contributed by atoms with Gasteiger partial charge in [0.2, 0.25) is 0 Å². The smallest absolute Gasteiger partial charge is 0.138 e. The standard InChI is InChI=1S/C12H16ClNO2/c1-14-5-4-10(7-14)16-12-3-2-9(8-15)6-11(12)13/h2-3,6,10,15H,4-5,7-8H2,1H3. The molecule has 0 bridgehead atoms. The Morgan fingerprint density at radius 3 is 2.94 bits per heavy atom. The third kappa shape index (κ3) is 2.67. The van der Waals surface area contributed by atoms with Gasteiger partial charge in [-0.25, -0.2) is 0 Å². The predicted octanol–water partition coefficient (Wildman–Crippen LogP) is 1.92. The molecule has 0 amide bonds. The van der Waals surface area contributed by atoms with Crippen molar-refractivity contribution in [2.75, 3.05) is 20.1 Å². The molecule has 0 spiro atoms. The van der Waals surface area contributed by atoms with E-state index in [1.54, 1.807) is 6.07 Å². The highest BCUT2D eigenvalue weighted by Crippen LogP contribution is 2.27. The van der Waals surface area contributed by atoms with Gasteiger partial charge in [-0.2, -0.15) is 0 Å². The van der Waals surface area contributed by atoms with Gasteiger partial charge < -0.3 is 14.7 Å². The summed E-state index contributed by atoms with van der Waals surface area (Å²) in [6, 6.07) is 5.40. The number of ether oxygens (including phenoxy) is 1. The lowest BCUT2D eigenvalue weighted by molar-refractivity contribution is 0.208. The van der Waals surface area contributed by atoms with Gasteiger partial charge in [0.05, 0.1) is 11.6 Å². The summed E-state index contributed by atoms with van der Waals surface area (Å²) < 4.78 is 5.82. The SMILES string of the molecule is CN1CCC(Oc2ccc(CO)cc2Cl)C1. The number of likely N-dealkylation sites (N-methyl/N-ethyl adjacent to an activating group) is 1. The Morgan fingerprint density at radius 2 is 2.38 bits per heavy atom. The Balaban J connectivity index is 2.04. The molecule has 16 heavy (non-hydrogen) atoms. The minimum Gasteiger partial charge on any atom is -0.487 e. The van der Waals surface area contributed by atoms with Crippen LogP contribution in [0.5, 0.6) is 5.75 Å². The number of likely N-dealkylation sites (tertiary alicyclic amines) is 1. The summed E-state index contributed by atoms with van der Waals surface area (Å²) in [5, 5.41) is 9.54. The molecule has 1 aliphatic rings. The molecule has 0 aromatic heterocycles. The quantitative estimate of drug-likeness (QED) is 0.878. The van der Waals surface area contributed by atoms with Crippen molar-refractivity contribution in [2.24, 2.45) is 0 Å². The molecule has 1 heterocycles.